The number of rotatable bonds is 17. The fourth-order valence-electron chi connectivity index (χ4n) is 17.0. The maximum atomic E-state index is 15.8. The third-order valence-corrected chi connectivity index (χ3v) is 22.6. The van der Waals surface area contributed by atoms with Crippen molar-refractivity contribution >= 4 is 100 Å². The molecule has 4 N–H and O–H groups in total. The Labute approximate surface area is 556 Å². The van der Waals surface area contributed by atoms with E-state index in [1.165, 1.54) is 24.7 Å². The van der Waals surface area contributed by atoms with Crippen molar-refractivity contribution in [2.75, 3.05) is 30.6 Å². The monoisotopic (exact) mass is 1360 g/mol. The van der Waals surface area contributed by atoms with Gasteiger partial charge in [-0.05, 0) is 201 Å². The van der Waals surface area contributed by atoms with Crippen molar-refractivity contribution in [3.63, 3.8) is 0 Å². The third-order valence-electron chi connectivity index (χ3n) is 21.4. The Kier molecular flexibility index (Phi) is 14.8. The van der Waals surface area contributed by atoms with Gasteiger partial charge in [0, 0.05) is 47.1 Å². The van der Waals surface area contributed by atoms with Crippen LogP contribution in [0, 0.1) is 46.2 Å². The molecule has 4 aromatic carbocycles. The van der Waals surface area contributed by atoms with Crippen LogP contribution >= 0.6 is 39.1 Å². The molecule has 12 atom stereocenters. The fourth-order valence-corrected chi connectivity index (χ4v) is 17.9. The van der Waals surface area contributed by atoms with E-state index in [9.17, 15) is 0 Å². The minimum absolute atomic E-state index is 0.00977. The van der Waals surface area contributed by atoms with E-state index in [0.717, 1.165) is 97.1 Å². The second-order valence-corrected chi connectivity index (χ2v) is 29.3. The molecule has 8 heterocycles. The smallest absolute Gasteiger partial charge is 0.163 e. The summed E-state index contributed by atoms with van der Waals surface area (Å²) in [7, 11) is 3.32. The topological polar surface area (TPSA) is 193 Å². The number of pyridine rings is 2. The molecular formula is C72H73BrCl2FN11O6. The Morgan fingerprint density at radius 3 is 1.84 bits per heavy atom. The first kappa shape index (κ1) is 60.7. The first-order valence-electron chi connectivity index (χ1n) is 32.2. The van der Waals surface area contributed by atoms with Gasteiger partial charge in [-0.15, -0.1) is 0 Å². The number of ether oxygens (including phenoxy) is 6. The molecule has 0 bridgehead atoms. The van der Waals surface area contributed by atoms with E-state index in [1.807, 2.05) is 82.3 Å². The number of nitrogens with zero attached hydrogens (tertiary/aromatic N) is 8. The van der Waals surface area contributed by atoms with E-state index in [0.29, 0.717) is 75.4 Å². The van der Waals surface area contributed by atoms with Crippen LogP contribution in [-0.2, 0) is 44.9 Å². The van der Waals surface area contributed by atoms with E-state index in [1.54, 1.807) is 32.7 Å². The number of nitrogens with two attached hydrogens (primary N) is 1. The van der Waals surface area contributed by atoms with Crippen LogP contribution in [0.1, 0.15) is 94.6 Å². The number of fused-ring (bicyclic) bond motifs is 10. The van der Waals surface area contributed by atoms with E-state index >= 15 is 4.39 Å². The second kappa shape index (κ2) is 22.7. The first-order chi connectivity index (χ1) is 44.8. The maximum Gasteiger partial charge on any atom is 0.163 e. The zero-order valence-corrected chi connectivity index (χ0v) is 55.8. The van der Waals surface area contributed by atoms with Crippen molar-refractivity contribution in [2.45, 2.75) is 134 Å². The van der Waals surface area contributed by atoms with Crippen molar-refractivity contribution in [3.05, 3.63) is 171 Å². The highest BCUT2D eigenvalue weighted by Gasteiger charge is 2.79. The summed E-state index contributed by atoms with van der Waals surface area (Å²) in [5.74, 6) is 3.83. The molecule has 7 fully saturated rings. The number of aromatic nitrogens is 8. The Morgan fingerprint density at radius 1 is 0.634 bits per heavy atom. The van der Waals surface area contributed by atoms with Crippen LogP contribution < -0.4 is 25.8 Å². The molecule has 0 amide bonds. The van der Waals surface area contributed by atoms with E-state index < -0.39 is 11.6 Å². The summed E-state index contributed by atoms with van der Waals surface area (Å²) >= 11 is 16.7. The van der Waals surface area contributed by atoms with Gasteiger partial charge in [-0.25, -0.2) is 34.3 Å². The van der Waals surface area contributed by atoms with Crippen molar-refractivity contribution in [1.82, 2.24) is 39.0 Å². The predicted molar refractivity (Wildman–Crippen MR) is 361 cm³/mol. The quantitative estimate of drug-likeness (QED) is 0.0729. The highest BCUT2D eigenvalue weighted by molar-refractivity contribution is 9.10. The molecule has 2 unspecified atom stereocenters. The Morgan fingerprint density at radius 2 is 1.19 bits per heavy atom. The molecule has 5 saturated carbocycles. The number of nitrogens with one attached hydrogen (secondary N) is 2. The van der Waals surface area contributed by atoms with Gasteiger partial charge in [0.2, 0.25) is 0 Å². The summed E-state index contributed by atoms with van der Waals surface area (Å²) in [4.78, 5) is 27.5. The first-order valence-corrected chi connectivity index (χ1v) is 33.7. The minimum atomic E-state index is -0.702. The summed E-state index contributed by atoms with van der Waals surface area (Å²) < 4.78 is 58.5. The number of anilines is 3. The summed E-state index contributed by atoms with van der Waals surface area (Å²) in [6.07, 6.45) is 13.1. The van der Waals surface area contributed by atoms with Crippen LogP contribution in [0.15, 0.2) is 133 Å². The number of hydrogen-bond donors (Lipinski definition) is 3. The van der Waals surface area contributed by atoms with E-state index in [4.69, 9.17) is 67.3 Å². The molecule has 5 aliphatic carbocycles. The van der Waals surface area contributed by atoms with Gasteiger partial charge < -0.3 is 53.9 Å². The number of benzene rings is 4. The Hall–Kier alpha value is -7.23. The summed E-state index contributed by atoms with van der Waals surface area (Å²) in [6, 6.07) is 34.2. The average Bonchev–Trinajstić information content (AvgIpc) is 1.50. The zero-order valence-electron chi connectivity index (χ0n) is 52.7. The SMILES string of the molecule is COc1ccc(CNc2nc3cc(CC(C)[C@@]45C[C@@H]4[C@@H](n4ccc6c(Cl)ncnc64)[C@@H]4OC(C)(C)O[C@@H]45)ccc3cc2Br)cc1.COc1ccc(CNc2nc3cc(CC(C4CC4)[C@@]45C[C@@H]4[C@@H](n4ccc6c(N)ncnc64)[C@@H]4OC(C)(C)O[C@@H]45)cc(F)c3cc2Cl)cc1. The molecule has 2 saturated heterocycles. The molecule has 10 aromatic rings. The van der Waals surface area contributed by atoms with E-state index in [2.05, 4.69) is 111 Å². The van der Waals surface area contributed by atoms with Crippen molar-refractivity contribution in [3.8, 4) is 11.5 Å². The van der Waals surface area contributed by atoms with Crippen LogP contribution in [0.3, 0.4) is 0 Å². The van der Waals surface area contributed by atoms with Gasteiger partial charge >= 0.3 is 0 Å². The molecule has 0 spiro atoms. The molecule has 93 heavy (non-hydrogen) atoms. The normalized spacial score (nSPS) is 27.3. The predicted octanol–water partition coefficient (Wildman–Crippen LogP) is 15.3. The molecule has 0 radical (unpaired) electrons. The number of halogens is 4. The molecule has 480 valence electrons. The standard InChI is InChI=1S/C37H38ClFN6O3.C35H35BrClN5O3/c1-36(2)47-31-30(45-11-10-23-33(40)42-18-43-35(23)45)26-16-37(26,32(31)48-36)25(21-6-7-21)12-20-13-28(39)24-15-27(38)34(44-29(24)14-20)41-17-19-4-8-22(46-3)9-5-19;1-19(13-21-5-8-22-15-26(36)32(41-27(22)14-21)38-17-20-6-9-23(43-4)10-7-20)35-16-25(35)28(29-30(35)45-34(2,3)44-29)42-12-11-24-31(37)39-18-40-33(24)42/h4-5,8-11,13-15,18,21,25-26,30-32H,6-7,12,16-17H2,1-3H3,(H,41,44)(H2,40,42,43);5-12,14-15,18-19,25,28-30H,13,16-17H2,1-4H3,(H,38,41)/t25?,26-,30-,31+,32+,37+;19?,25-,28-,29+,30+,35+/m11/s1. The van der Waals surface area contributed by atoms with Gasteiger partial charge in [-0.1, -0.05) is 66.5 Å². The van der Waals surface area contributed by atoms with E-state index in [-0.39, 0.29) is 53.1 Å². The molecular weight excluding hydrogens is 1280 g/mol. The summed E-state index contributed by atoms with van der Waals surface area (Å²) in [5, 5.41) is 10.9. The summed E-state index contributed by atoms with van der Waals surface area (Å²) in [6.45, 7) is 11.6. The number of nitrogen functional groups attached to an aromatic ring is 1. The van der Waals surface area contributed by atoms with Gasteiger partial charge in [0.25, 0.3) is 0 Å². The van der Waals surface area contributed by atoms with Crippen LogP contribution in [0.25, 0.3) is 43.9 Å². The minimum Gasteiger partial charge on any atom is -0.497 e. The summed E-state index contributed by atoms with van der Waals surface area (Å²) in [5.41, 5.74) is 13.8. The molecule has 2 aliphatic heterocycles. The van der Waals surface area contributed by atoms with Crippen LogP contribution in [0.4, 0.5) is 21.8 Å². The van der Waals surface area contributed by atoms with Gasteiger partial charge in [0.1, 0.15) is 76.1 Å². The number of hydrogen-bond acceptors (Lipinski definition) is 15. The van der Waals surface area contributed by atoms with Crippen LogP contribution in [0.2, 0.25) is 10.2 Å². The molecule has 17 nitrogen and oxygen atoms in total. The average molecular weight is 1360 g/mol. The molecule has 21 heteroatoms. The van der Waals surface area contributed by atoms with Gasteiger partial charge in [0.15, 0.2) is 11.6 Å². The number of methoxy groups -OCH3 is 2. The maximum absolute atomic E-state index is 15.8. The highest BCUT2D eigenvalue weighted by Crippen LogP contribution is 2.78. The third kappa shape index (κ3) is 10.5. The van der Waals surface area contributed by atoms with Crippen LogP contribution in [0.5, 0.6) is 11.5 Å². The van der Waals surface area contributed by atoms with Gasteiger partial charge in [0.05, 0.1) is 69.8 Å². The second-order valence-electron chi connectivity index (χ2n) is 27.7. The van der Waals surface area contributed by atoms with Gasteiger partial charge in [-0.3, -0.25) is 0 Å². The zero-order chi connectivity index (χ0) is 64.0. The lowest BCUT2D eigenvalue weighted by molar-refractivity contribution is -0.164. The largest absolute Gasteiger partial charge is 0.497 e. The van der Waals surface area contributed by atoms with Crippen molar-refractivity contribution in [2.24, 2.45) is 40.4 Å². The molecule has 17 rings (SSSR count). The Bertz CT molecular complexity index is 4570. The highest BCUT2D eigenvalue weighted by atomic mass is 79.9. The van der Waals surface area contributed by atoms with Crippen molar-refractivity contribution in [1.29, 1.82) is 0 Å². The van der Waals surface area contributed by atoms with Crippen LogP contribution in [-0.4, -0.2) is 89.2 Å². The molecule has 7 aliphatic rings. The molecule has 6 aromatic heterocycles. The lowest BCUT2D eigenvalue weighted by Gasteiger charge is -2.32. The fraction of sp³-hybridized carbons (Fsp3) is 0.417. The lowest BCUT2D eigenvalue weighted by atomic mass is 9.77. The Balaban J connectivity index is 0.000000148. The van der Waals surface area contributed by atoms with Crippen molar-refractivity contribution < 1.29 is 32.8 Å². The van der Waals surface area contributed by atoms with Gasteiger partial charge in [-0.2, -0.15) is 0 Å². The lowest BCUT2D eigenvalue weighted by Crippen LogP contribution is -2.37.